The monoisotopic (exact) mass is 672 g/mol. The molecule has 11 heteroatoms. The lowest BCUT2D eigenvalue weighted by Crippen LogP contribution is -2.50. The zero-order valence-corrected chi connectivity index (χ0v) is 29.5. The molecule has 6 rings (SSSR count). The average molecular weight is 673 g/mol. The molecule has 8 nitrogen and oxygen atoms in total. The molecule has 1 amide bonds. The van der Waals surface area contributed by atoms with E-state index in [0.717, 1.165) is 78.6 Å². The van der Waals surface area contributed by atoms with Crippen LogP contribution in [0.25, 0.3) is 0 Å². The van der Waals surface area contributed by atoms with E-state index in [9.17, 15) is 4.79 Å². The summed E-state index contributed by atoms with van der Waals surface area (Å²) in [4.78, 5) is 26.8. The maximum atomic E-state index is 12.2. The van der Waals surface area contributed by atoms with E-state index in [2.05, 4.69) is 72.2 Å². The minimum atomic E-state index is -0.182. The minimum Gasteiger partial charge on any atom is -0.444 e. The number of carbonyl (C=O) groups is 1. The molecular weight excluding hydrogens is 624 g/mol. The molecule has 3 atom stereocenters. The van der Waals surface area contributed by atoms with Crippen LogP contribution in [0, 0.1) is 11.8 Å². The standard InChI is InChI=1S/C34H48N6O2S2.ClH/c1-34(2,3)28-18-37-29(42-28)21-43-30-19-38-33(44-30)27-17-25(32(35)41)11-16-40(27)26-12-14-39(15-13-26)20-22-5-7-23(8-6-22)31(36-4)24-9-10-24;/h5-8,18-19,24-27,31,36H,9-17,20-21H2,1-4H3,(H2,35,41);1H. The van der Waals surface area contributed by atoms with Crippen LogP contribution in [0.3, 0.4) is 0 Å². The van der Waals surface area contributed by atoms with E-state index >= 15 is 0 Å². The average Bonchev–Trinajstić information content (AvgIpc) is 3.52. The Bertz CT molecular complexity index is 1390. The van der Waals surface area contributed by atoms with Crippen molar-refractivity contribution in [1.29, 1.82) is 0 Å². The van der Waals surface area contributed by atoms with Crippen LogP contribution in [-0.2, 0) is 22.5 Å². The summed E-state index contributed by atoms with van der Waals surface area (Å²) >= 11 is 3.45. The smallest absolute Gasteiger partial charge is 0.220 e. The largest absolute Gasteiger partial charge is 0.444 e. The Morgan fingerprint density at radius 3 is 2.44 bits per heavy atom. The number of hydrogen-bond donors (Lipinski definition) is 2. The van der Waals surface area contributed by atoms with Gasteiger partial charge in [0.1, 0.15) is 10.8 Å². The third-order valence-corrected chi connectivity index (χ3v) is 11.9. The lowest BCUT2D eigenvalue weighted by Gasteiger charge is -2.45. The Hall–Kier alpha value is -1.95. The van der Waals surface area contributed by atoms with Crippen molar-refractivity contribution in [3.8, 4) is 0 Å². The van der Waals surface area contributed by atoms with Crippen LogP contribution in [0.2, 0.25) is 0 Å². The first-order valence-electron chi connectivity index (χ1n) is 16.2. The van der Waals surface area contributed by atoms with E-state index in [1.165, 1.54) is 24.0 Å². The van der Waals surface area contributed by atoms with Crippen LogP contribution in [0.1, 0.15) is 99.2 Å². The molecule has 2 saturated heterocycles. The number of primary amides is 1. The summed E-state index contributed by atoms with van der Waals surface area (Å²) in [6.45, 7) is 10.5. The van der Waals surface area contributed by atoms with Gasteiger partial charge in [0.25, 0.3) is 0 Å². The van der Waals surface area contributed by atoms with Crippen LogP contribution in [0.5, 0.6) is 0 Å². The number of thiazole rings is 1. The Labute approximate surface area is 282 Å². The number of benzene rings is 1. The van der Waals surface area contributed by atoms with Gasteiger partial charge < -0.3 is 15.5 Å². The SMILES string of the molecule is CNC(c1ccc(CN2CCC(N3CCC(C(N)=O)CC3c3ncc(SCc4ncc(C(C)(C)C)o4)s3)CC2)cc1)C1CC1.Cl. The predicted molar refractivity (Wildman–Crippen MR) is 185 cm³/mol. The van der Waals surface area contributed by atoms with Crippen molar-refractivity contribution in [1.82, 2.24) is 25.1 Å². The molecule has 1 saturated carbocycles. The molecule has 0 bridgehead atoms. The molecule has 246 valence electrons. The fraction of sp³-hybridized carbons (Fsp3) is 0.618. The molecule has 3 aliphatic rings. The molecule has 3 fully saturated rings. The lowest BCUT2D eigenvalue weighted by atomic mass is 9.87. The van der Waals surface area contributed by atoms with Gasteiger partial charge in [0.05, 0.1) is 28.4 Å². The predicted octanol–water partition coefficient (Wildman–Crippen LogP) is 6.72. The van der Waals surface area contributed by atoms with E-state index in [-0.39, 0.29) is 35.7 Å². The number of carbonyl (C=O) groups excluding carboxylic acids is 1. The maximum Gasteiger partial charge on any atom is 0.220 e. The zero-order chi connectivity index (χ0) is 30.8. The number of nitrogens with two attached hydrogens (primary N) is 1. The first kappa shape index (κ1) is 34.4. The quantitative estimate of drug-likeness (QED) is 0.217. The van der Waals surface area contributed by atoms with Crippen LogP contribution >= 0.6 is 35.5 Å². The number of amides is 1. The van der Waals surface area contributed by atoms with Gasteiger partial charge in [0.2, 0.25) is 11.8 Å². The summed E-state index contributed by atoms with van der Waals surface area (Å²) in [6.07, 6.45) is 10.3. The number of thioether (sulfide) groups is 1. The van der Waals surface area contributed by atoms with E-state index < -0.39 is 0 Å². The van der Waals surface area contributed by atoms with Crippen LogP contribution in [-0.4, -0.2) is 58.4 Å². The zero-order valence-electron chi connectivity index (χ0n) is 27.0. The summed E-state index contributed by atoms with van der Waals surface area (Å²) in [5.41, 5.74) is 8.57. The molecule has 1 aliphatic carbocycles. The number of halogens is 1. The van der Waals surface area contributed by atoms with Crippen molar-refractivity contribution < 1.29 is 9.21 Å². The van der Waals surface area contributed by atoms with E-state index in [1.54, 1.807) is 23.1 Å². The Morgan fingerprint density at radius 1 is 1.09 bits per heavy atom. The molecule has 2 aromatic heterocycles. The molecule has 0 spiro atoms. The first-order chi connectivity index (χ1) is 21.2. The Balaban J connectivity index is 0.00000400. The molecular formula is C34H49ClN6O2S2. The van der Waals surface area contributed by atoms with Gasteiger partial charge in [-0.2, -0.15) is 0 Å². The normalized spacial score (nSPS) is 22.7. The van der Waals surface area contributed by atoms with Crippen molar-refractivity contribution in [3.05, 3.63) is 64.4 Å². The van der Waals surface area contributed by atoms with Crippen molar-refractivity contribution in [2.24, 2.45) is 17.6 Å². The van der Waals surface area contributed by atoms with E-state index in [0.29, 0.717) is 17.8 Å². The fourth-order valence-electron chi connectivity index (χ4n) is 6.87. The number of aromatic nitrogens is 2. The molecule has 3 unspecified atom stereocenters. The van der Waals surface area contributed by atoms with Crippen molar-refractivity contribution >= 4 is 41.4 Å². The van der Waals surface area contributed by atoms with Gasteiger partial charge in [-0.3, -0.25) is 14.6 Å². The van der Waals surface area contributed by atoms with E-state index in [4.69, 9.17) is 15.1 Å². The molecule has 0 radical (unpaired) electrons. The summed E-state index contributed by atoms with van der Waals surface area (Å²) in [7, 11) is 2.08. The van der Waals surface area contributed by atoms with Gasteiger partial charge in [-0.15, -0.1) is 35.5 Å². The van der Waals surface area contributed by atoms with Crippen molar-refractivity contribution in [3.63, 3.8) is 0 Å². The fourth-order valence-corrected chi connectivity index (χ4v) is 8.85. The third kappa shape index (κ3) is 8.51. The van der Waals surface area contributed by atoms with Crippen LogP contribution < -0.4 is 11.1 Å². The van der Waals surface area contributed by atoms with Gasteiger partial charge in [-0.1, -0.05) is 45.0 Å². The summed E-state index contributed by atoms with van der Waals surface area (Å²) < 4.78 is 7.14. The number of rotatable bonds is 11. The highest BCUT2D eigenvalue weighted by molar-refractivity contribution is 8.00. The van der Waals surface area contributed by atoms with Gasteiger partial charge in [-0.25, -0.2) is 9.97 Å². The topological polar surface area (TPSA) is 101 Å². The minimum absolute atomic E-state index is 0. The molecule has 3 N–H and O–H groups in total. The number of oxazole rings is 1. The first-order valence-corrected chi connectivity index (χ1v) is 18.1. The number of hydrogen-bond acceptors (Lipinski definition) is 9. The summed E-state index contributed by atoms with van der Waals surface area (Å²) in [5, 5.41) is 4.60. The third-order valence-electron chi connectivity index (χ3n) is 9.64. The molecule has 2 aliphatic heterocycles. The highest BCUT2D eigenvalue weighted by atomic mass is 35.5. The van der Waals surface area contributed by atoms with Gasteiger partial charge in [-0.05, 0) is 82.3 Å². The molecule has 3 aromatic rings. The molecule has 4 heterocycles. The number of likely N-dealkylation sites (tertiary alicyclic amines) is 2. The number of nitrogens with zero attached hydrogens (tertiary/aromatic N) is 4. The van der Waals surface area contributed by atoms with Gasteiger partial charge in [0, 0.05) is 30.0 Å². The molecule has 1 aromatic carbocycles. The number of piperidine rings is 2. The second kappa shape index (κ2) is 14.9. The van der Waals surface area contributed by atoms with Gasteiger partial charge in [0.15, 0.2) is 0 Å². The Kier molecular flexibility index (Phi) is 11.4. The lowest BCUT2D eigenvalue weighted by molar-refractivity contribution is -0.124. The van der Waals surface area contributed by atoms with Crippen LogP contribution in [0.4, 0.5) is 0 Å². The van der Waals surface area contributed by atoms with E-state index in [1.807, 2.05) is 12.4 Å². The van der Waals surface area contributed by atoms with Crippen molar-refractivity contribution in [2.45, 2.75) is 99.3 Å². The summed E-state index contributed by atoms with van der Waals surface area (Å²) in [5.74, 6) is 2.85. The molecule has 45 heavy (non-hydrogen) atoms. The number of nitrogens with one attached hydrogen (secondary N) is 1. The second-order valence-corrected chi connectivity index (χ2v) is 16.2. The van der Waals surface area contributed by atoms with Gasteiger partial charge >= 0.3 is 0 Å². The highest BCUT2D eigenvalue weighted by Crippen LogP contribution is 2.42. The summed E-state index contributed by atoms with van der Waals surface area (Å²) in [6, 6.07) is 10.4. The Morgan fingerprint density at radius 2 is 1.82 bits per heavy atom. The highest BCUT2D eigenvalue weighted by Gasteiger charge is 2.38. The second-order valence-electron chi connectivity index (χ2n) is 13.9. The maximum absolute atomic E-state index is 12.2. The van der Waals surface area contributed by atoms with Crippen molar-refractivity contribution in [2.75, 3.05) is 26.7 Å². The van der Waals surface area contributed by atoms with Crippen LogP contribution in [0.15, 0.2) is 45.3 Å².